The minimum Gasteiger partial charge on any atom is -0.508 e. The fourth-order valence-electron chi connectivity index (χ4n) is 2.71. The Morgan fingerprint density at radius 1 is 1.29 bits per heavy atom. The maximum absolute atomic E-state index is 9.98. The number of para-hydroxylation sites is 1. The summed E-state index contributed by atoms with van der Waals surface area (Å²) in [7, 11) is 0. The van der Waals surface area contributed by atoms with Crippen LogP contribution in [-0.2, 0) is 13.1 Å². The summed E-state index contributed by atoms with van der Waals surface area (Å²) in [6.07, 6.45) is 0.106. The number of benzene rings is 2. The molecule has 1 heterocycles. The summed E-state index contributed by atoms with van der Waals surface area (Å²) in [5, 5.41) is 10.6. The van der Waals surface area contributed by atoms with E-state index in [4.69, 9.17) is 16.3 Å². The molecular weight excluding hydrogens is 286 g/mol. The molecule has 0 spiro atoms. The van der Waals surface area contributed by atoms with E-state index in [1.54, 1.807) is 12.1 Å². The van der Waals surface area contributed by atoms with Crippen LogP contribution in [0, 0.1) is 0 Å². The molecule has 1 aliphatic rings. The Morgan fingerprint density at radius 3 is 2.95 bits per heavy atom. The lowest BCUT2D eigenvalue weighted by Crippen LogP contribution is -2.30. The van der Waals surface area contributed by atoms with Gasteiger partial charge in [0, 0.05) is 35.8 Å². The molecule has 3 rings (SSSR count). The van der Waals surface area contributed by atoms with Crippen molar-refractivity contribution in [2.24, 2.45) is 0 Å². The van der Waals surface area contributed by atoms with Gasteiger partial charge >= 0.3 is 0 Å². The number of aromatic hydroxyl groups is 1. The van der Waals surface area contributed by atoms with Gasteiger partial charge in [0.2, 0.25) is 0 Å². The third-order valence-corrected chi connectivity index (χ3v) is 3.88. The molecule has 0 aliphatic carbocycles. The summed E-state index contributed by atoms with van der Waals surface area (Å²) in [4.78, 5) is 2.27. The van der Waals surface area contributed by atoms with Crippen LogP contribution in [0.25, 0.3) is 0 Å². The van der Waals surface area contributed by atoms with Crippen molar-refractivity contribution in [2.45, 2.75) is 26.1 Å². The number of rotatable bonds is 2. The first-order valence-electron chi connectivity index (χ1n) is 7.06. The summed E-state index contributed by atoms with van der Waals surface area (Å²) in [5.41, 5.74) is 2.01. The lowest BCUT2D eigenvalue weighted by molar-refractivity contribution is 0.155. The van der Waals surface area contributed by atoms with E-state index >= 15 is 0 Å². The number of halogens is 1. The summed E-state index contributed by atoms with van der Waals surface area (Å²) >= 11 is 6.02. The number of ether oxygens (including phenoxy) is 1. The second kappa shape index (κ2) is 5.96. The SMILES string of the molecule is CC1CN(Cc2cc(Cl)ccc2O)Cc2ccccc2O1. The van der Waals surface area contributed by atoms with Crippen LogP contribution in [0.5, 0.6) is 11.5 Å². The van der Waals surface area contributed by atoms with Crippen LogP contribution in [0.2, 0.25) is 5.02 Å². The highest BCUT2D eigenvalue weighted by molar-refractivity contribution is 6.30. The van der Waals surface area contributed by atoms with Crippen molar-refractivity contribution in [3.05, 3.63) is 58.6 Å². The zero-order valence-electron chi connectivity index (χ0n) is 11.9. The van der Waals surface area contributed by atoms with Crippen LogP contribution in [0.4, 0.5) is 0 Å². The van der Waals surface area contributed by atoms with Gasteiger partial charge < -0.3 is 9.84 Å². The predicted octanol–water partition coefficient (Wildman–Crippen LogP) is 3.83. The Morgan fingerprint density at radius 2 is 2.10 bits per heavy atom. The van der Waals surface area contributed by atoms with E-state index in [9.17, 15) is 5.11 Å². The van der Waals surface area contributed by atoms with E-state index in [0.717, 1.165) is 24.4 Å². The lowest BCUT2D eigenvalue weighted by Gasteiger charge is -2.22. The van der Waals surface area contributed by atoms with Gasteiger partial charge in [0.1, 0.15) is 17.6 Å². The van der Waals surface area contributed by atoms with Crippen molar-refractivity contribution in [2.75, 3.05) is 6.54 Å². The Balaban J connectivity index is 1.84. The second-order valence-corrected chi connectivity index (χ2v) is 5.92. The second-order valence-electron chi connectivity index (χ2n) is 5.48. The first-order valence-corrected chi connectivity index (χ1v) is 7.44. The summed E-state index contributed by atoms with van der Waals surface area (Å²) in [6.45, 7) is 4.31. The standard InChI is InChI=1S/C17H18ClNO2/c1-12-9-19(10-13-4-2-3-5-17(13)21-12)11-14-8-15(18)6-7-16(14)20/h2-8,12,20H,9-11H2,1H3. The van der Waals surface area contributed by atoms with Gasteiger partial charge in [-0.05, 0) is 31.2 Å². The molecule has 1 unspecified atom stereocenters. The molecule has 0 radical (unpaired) electrons. The maximum Gasteiger partial charge on any atom is 0.124 e. The van der Waals surface area contributed by atoms with Gasteiger partial charge in [-0.2, -0.15) is 0 Å². The Hall–Kier alpha value is -1.71. The fourth-order valence-corrected chi connectivity index (χ4v) is 2.91. The predicted molar refractivity (Wildman–Crippen MR) is 83.8 cm³/mol. The van der Waals surface area contributed by atoms with Crippen molar-refractivity contribution in [1.29, 1.82) is 0 Å². The molecule has 0 fully saturated rings. The third kappa shape index (κ3) is 3.31. The number of fused-ring (bicyclic) bond motifs is 1. The van der Waals surface area contributed by atoms with E-state index in [1.165, 1.54) is 5.56 Å². The van der Waals surface area contributed by atoms with Gasteiger partial charge in [-0.1, -0.05) is 29.8 Å². The van der Waals surface area contributed by atoms with Crippen LogP contribution in [0.1, 0.15) is 18.1 Å². The largest absolute Gasteiger partial charge is 0.508 e. The van der Waals surface area contributed by atoms with E-state index in [1.807, 2.05) is 24.3 Å². The van der Waals surface area contributed by atoms with Gasteiger partial charge in [0.15, 0.2) is 0 Å². The van der Waals surface area contributed by atoms with Crippen LogP contribution in [0.3, 0.4) is 0 Å². The average molecular weight is 304 g/mol. The molecule has 21 heavy (non-hydrogen) atoms. The van der Waals surface area contributed by atoms with Crippen molar-refractivity contribution in [1.82, 2.24) is 4.90 Å². The Kier molecular flexibility index (Phi) is 4.04. The molecule has 1 atom stereocenters. The zero-order valence-corrected chi connectivity index (χ0v) is 12.7. The first-order chi connectivity index (χ1) is 10.1. The third-order valence-electron chi connectivity index (χ3n) is 3.65. The van der Waals surface area contributed by atoms with Crippen LogP contribution in [0.15, 0.2) is 42.5 Å². The zero-order chi connectivity index (χ0) is 14.8. The minimum atomic E-state index is 0.106. The van der Waals surface area contributed by atoms with Crippen molar-refractivity contribution in [3.63, 3.8) is 0 Å². The van der Waals surface area contributed by atoms with Crippen molar-refractivity contribution < 1.29 is 9.84 Å². The summed E-state index contributed by atoms with van der Waals surface area (Å²) in [6, 6.07) is 13.3. The van der Waals surface area contributed by atoms with Gasteiger partial charge in [0.05, 0.1) is 0 Å². The molecule has 110 valence electrons. The molecule has 0 saturated carbocycles. The van der Waals surface area contributed by atoms with Gasteiger partial charge in [0.25, 0.3) is 0 Å². The van der Waals surface area contributed by atoms with E-state index in [0.29, 0.717) is 11.6 Å². The molecule has 2 aromatic carbocycles. The van der Waals surface area contributed by atoms with Crippen LogP contribution >= 0.6 is 11.6 Å². The smallest absolute Gasteiger partial charge is 0.124 e. The number of hydrogen-bond acceptors (Lipinski definition) is 3. The topological polar surface area (TPSA) is 32.7 Å². The lowest BCUT2D eigenvalue weighted by atomic mass is 10.1. The fraction of sp³-hybridized carbons (Fsp3) is 0.294. The van der Waals surface area contributed by atoms with E-state index < -0.39 is 0 Å². The molecule has 4 heteroatoms. The average Bonchev–Trinajstić information content (AvgIpc) is 2.60. The summed E-state index contributed by atoms with van der Waals surface area (Å²) in [5.74, 6) is 1.23. The van der Waals surface area contributed by atoms with Gasteiger partial charge in [-0.25, -0.2) is 0 Å². The Labute approximate surface area is 129 Å². The van der Waals surface area contributed by atoms with Crippen LogP contribution in [-0.4, -0.2) is 22.7 Å². The Bertz CT molecular complexity index is 644. The van der Waals surface area contributed by atoms with Gasteiger partial charge in [-0.3, -0.25) is 4.90 Å². The number of hydrogen-bond donors (Lipinski definition) is 1. The normalized spacial score (nSPS) is 18.7. The molecule has 2 aromatic rings. The highest BCUT2D eigenvalue weighted by Gasteiger charge is 2.20. The molecule has 3 nitrogen and oxygen atoms in total. The maximum atomic E-state index is 9.98. The van der Waals surface area contributed by atoms with Crippen LogP contribution < -0.4 is 4.74 Å². The minimum absolute atomic E-state index is 0.106. The highest BCUT2D eigenvalue weighted by Crippen LogP contribution is 2.28. The molecule has 0 bridgehead atoms. The molecule has 0 aromatic heterocycles. The molecule has 1 aliphatic heterocycles. The van der Waals surface area contributed by atoms with E-state index in [2.05, 4.69) is 17.9 Å². The molecular formula is C17H18ClNO2. The molecule has 0 amide bonds. The number of phenolic OH excluding ortho intramolecular Hbond substituents is 1. The number of phenols is 1. The number of nitrogens with zero attached hydrogens (tertiary/aromatic N) is 1. The first kappa shape index (κ1) is 14.2. The van der Waals surface area contributed by atoms with Gasteiger partial charge in [-0.15, -0.1) is 0 Å². The monoisotopic (exact) mass is 303 g/mol. The van der Waals surface area contributed by atoms with Crippen molar-refractivity contribution >= 4 is 11.6 Å². The molecule has 1 N–H and O–H groups in total. The quantitative estimate of drug-likeness (QED) is 0.915. The van der Waals surface area contributed by atoms with Crippen molar-refractivity contribution in [3.8, 4) is 11.5 Å². The summed E-state index contributed by atoms with van der Waals surface area (Å²) < 4.78 is 5.95. The molecule has 0 saturated heterocycles. The highest BCUT2D eigenvalue weighted by atomic mass is 35.5. The van der Waals surface area contributed by atoms with E-state index in [-0.39, 0.29) is 11.9 Å².